The van der Waals surface area contributed by atoms with Gasteiger partial charge in [0.15, 0.2) is 0 Å². The van der Waals surface area contributed by atoms with Gasteiger partial charge in [-0.3, -0.25) is 19.4 Å². The molecule has 0 aromatic rings. The molecule has 1 aliphatic heterocycles. The lowest BCUT2D eigenvalue weighted by Gasteiger charge is -2.43. The number of amides is 1. The number of hydrogen-bond acceptors (Lipinski definition) is 4. The quantitative estimate of drug-likeness (QED) is 0.696. The first-order chi connectivity index (χ1) is 12.0. The van der Waals surface area contributed by atoms with Crippen LogP contribution in [0.4, 0.5) is 0 Å². The Balaban J connectivity index is 1.41. The second-order valence-corrected chi connectivity index (χ2v) is 8.22. The molecule has 0 bridgehead atoms. The lowest BCUT2D eigenvalue weighted by atomic mass is 9.85. The van der Waals surface area contributed by atoms with E-state index in [2.05, 4.69) is 15.1 Å². The topological polar surface area (TPSA) is 72.9 Å². The average Bonchev–Trinajstić information content (AvgIpc) is 3.35. The predicted octanol–water partition coefficient (Wildman–Crippen LogP) is 1.69. The number of carbonyl (C=O) groups excluding carboxylic acids is 1. The van der Waals surface area contributed by atoms with Crippen molar-refractivity contribution in [2.45, 2.75) is 76.4 Å². The molecule has 1 heterocycles. The van der Waals surface area contributed by atoms with Gasteiger partial charge < -0.3 is 10.4 Å². The third-order valence-electron chi connectivity index (χ3n) is 6.07. The van der Waals surface area contributed by atoms with Crippen LogP contribution in [0.1, 0.15) is 58.3 Å². The highest BCUT2D eigenvalue weighted by molar-refractivity contribution is 5.81. The SMILES string of the molecule is CC(C(=O)NC1CC(N(CC(=O)O)CC2CC2)C1)N1CCCCCC1. The standard InChI is InChI=1S/C19H33N3O3/c1-14(21-8-4-2-3-5-9-21)19(25)20-16-10-17(11-16)22(13-18(23)24)12-15-6-7-15/h14-17H,2-13H2,1H3,(H,20,25)(H,23,24). The van der Waals surface area contributed by atoms with Gasteiger partial charge in [-0.25, -0.2) is 0 Å². The molecule has 0 radical (unpaired) electrons. The monoisotopic (exact) mass is 351 g/mol. The second-order valence-electron chi connectivity index (χ2n) is 8.22. The van der Waals surface area contributed by atoms with Crippen molar-refractivity contribution >= 4 is 11.9 Å². The lowest BCUT2D eigenvalue weighted by Crippen LogP contribution is -2.57. The molecule has 1 unspecified atom stereocenters. The molecule has 0 aromatic heterocycles. The molecule has 142 valence electrons. The van der Waals surface area contributed by atoms with E-state index < -0.39 is 5.97 Å². The Morgan fingerprint density at radius 3 is 2.36 bits per heavy atom. The van der Waals surface area contributed by atoms with Crippen molar-refractivity contribution in [3.63, 3.8) is 0 Å². The van der Waals surface area contributed by atoms with E-state index in [4.69, 9.17) is 5.11 Å². The van der Waals surface area contributed by atoms with E-state index >= 15 is 0 Å². The zero-order valence-corrected chi connectivity index (χ0v) is 15.5. The van der Waals surface area contributed by atoms with Crippen molar-refractivity contribution in [3.8, 4) is 0 Å². The maximum absolute atomic E-state index is 12.5. The van der Waals surface area contributed by atoms with Crippen molar-refractivity contribution in [2.24, 2.45) is 5.92 Å². The van der Waals surface area contributed by atoms with Crippen molar-refractivity contribution in [1.82, 2.24) is 15.1 Å². The first-order valence-corrected chi connectivity index (χ1v) is 10.0. The Kier molecular flexibility index (Phi) is 6.34. The highest BCUT2D eigenvalue weighted by atomic mass is 16.4. The minimum atomic E-state index is -0.747. The minimum absolute atomic E-state index is 0.0567. The first-order valence-electron chi connectivity index (χ1n) is 10.0. The molecule has 1 atom stereocenters. The lowest BCUT2D eigenvalue weighted by molar-refractivity contribution is -0.140. The summed E-state index contributed by atoms with van der Waals surface area (Å²) in [4.78, 5) is 28.1. The van der Waals surface area contributed by atoms with Gasteiger partial charge in [-0.15, -0.1) is 0 Å². The van der Waals surface area contributed by atoms with Gasteiger partial charge in [-0.2, -0.15) is 0 Å². The molecule has 3 aliphatic rings. The maximum Gasteiger partial charge on any atom is 0.317 e. The zero-order valence-electron chi connectivity index (χ0n) is 15.5. The van der Waals surface area contributed by atoms with Crippen LogP contribution >= 0.6 is 0 Å². The second kappa shape index (κ2) is 8.49. The number of hydrogen-bond donors (Lipinski definition) is 2. The number of nitrogens with zero attached hydrogens (tertiary/aromatic N) is 2. The van der Waals surface area contributed by atoms with Crippen LogP contribution in [0.2, 0.25) is 0 Å². The number of rotatable bonds is 8. The van der Waals surface area contributed by atoms with Crippen LogP contribution in [-0.4, -0.2) is 71.1 Å². The molecule has 3 rings (SSSR count). The molecular weight excluding hydrogens is 318 g/mol. The fourth-order valence-corrected chi connectivity index (χ4v) is 4.12. The van der Waals surface area contributed by atoms with E-state index in [1.165, 1.54) is 38.5 Å². The fraction of sp³-hybridized carbons (Fsp3) is 0.895. The maximum atomic E-state index is 12.5. The van der Waals surface area contributed by atoms with Crippen LogP contribution in [0.5, 0.6) is 0 Å². The summed E-state index contributed by atoms with van der Waals surface area (Å²) in [7, 11) is 0. The van der Waals surface area contributed by atoms with Crippen LogP contribution in [0.25, 0.3) is 0 Å². The Morgan fingerprint density at radius 2 is 1.80 bits per heavy atom. The summed E-state index contributed by atoms with van der Waals surface area (Å²) in [5, 5.41) is 12.3. The van der Waals surface area contributed by atoms with Gasteiger partial charge in [0, 0.05) is 18.6 Å². The van der Waals surface area contributed by atoms with Gasteiger partial charge in [0.05, 0.1) is 12.6 Å². The molecule has 0 aromatic carbocycles. The number of likely N-dealkylation sites (tertiary alicyclic amines) is 1. The number of nitrogens with one attached hydrogen (secondary N) is 1. The largest absolute Gasteiger partial charge is 0.480 e. The van der Waals surface area contributed by atoms with Gasteiger partial charge in [0.2, 0.25) is 5.91 Å². The molecule has 25 heavy (non-hydrogen) atoms. The van der Waals surface area contributed by atoms with E-state index in [0.717, 1.165) is 32.5 Å². The van der Waals surface area contributed by atoms with Gasteiger partial charge >= 0.3 is 5.97 Å². The van der Waals surface area contributed by atoms with Crippen molar-refractivity contribution in [2.75, 3.05) is 26.2 Å². The molecular formula is C19H33N3O3. The summed E-state index contributed by atoms with van der Waals surface area (Å²) >= 11 is 0. The predicted molar refractivity (Wildman–Crippen MR) is 96.4 cm³/mol. The van der Waals surface area contributed by atoms with Crippen LogP contribution < -0.4 is 5.32 Å². The number of aliphatic carboxylic acids is 1. The molecule has 2 N–H and O–H groups in total. The summed E-state index contributed by atoms with van der Waals surface area (Å²) in [6.07, 6.45) is 9.16. The Hall–Kier alpha value is -1.14. The first kappa shape index (κ1) is 18.6. The molecule has 6 nitrogen and oxygen atoms in total. The molecule has 3 fully saturated rings. The fourth-order valence-electron chi connectivity index (χ4n) is 4.12. The number of carboxylic acid groups (broad SMARTS) is 1. The average molecular weight is 351 g/mol. The van der Waals surface area contributed by atoms with Crippen LogP contribution in [-0.2, 0) is 9.59 Å². The molecule has 1 amide bonds. The normalized spacial score (nSPS) is 28.9. The van der Waals surface area contributed by atoms with Crippen LogP contribution in [0, 0.1) is 5.92 Å². The van der Waals surface area contributed by atoms with E-state index in [1.807, 2.05) is 6.92 Å². The summed E-state index contributed by atoms with van der Waals surface area (Å²) in [6.45, 7) is 5.10. The molecule has 0 spiro atoms. The minimum Gasteiger partial charge on any atom is -0.480 e. The summed E-state index contributed by atoms with van der Waals surface area (Å²) in [6, 6.07) is 0.469. The van der Waals surface area contributed by atoms with Crippen LogP contribution in [0.15, 0.2) is 0 Å². The van der Waals surface area contributed by atoms with E-state index in [1.54, 1.807) is 0 Å². The summed E-state index contributed by atoms with van der Waals surface area (Å²) < 4.78 is 0. The van der Waals surface area contributed by atoms with Gasteiger partial charge in [0.25, 0.3) is 0 Å². The number of carbonyl (C=O) groups is 2. The Morgan fingerprint density at radius 1 is 1.16 bits per heavy atom. The number of carboxylic acids is 1. The van der Waals surface area contributed by atoms with E-state index in [0.29, 0.717) is 12.0 Å². The highest BCUT2D eigenvalue weighted by Crippen LogP contribution is 2.33. The highest BCUT2D eigenvalue weighted by Gasteiger charge is 2.38. The van der Waals surface area contributed by atoms with Gasteiger partial charge in [-0.1, -0.05) is 12.8 Å². The molecule has 1 saturated heterocycles. The van der Waals surface area contributed by atoms with Crippen molar-refractivity contribution in [3.05, 3.63) is 0 Å². The van der Waals surface area contributed by atoms with Crippen LogP contribution in [0.3, 0.4) is 0 Å². The van der Waals surface area contributed by atoms with Crippen molar-refractivity contribution < 1.29 is 14.7 Å². The molecule has 2 aliphatic carbocycles. The smallest absolute Gasteiger partial charge is 0.317 e. The van der Waals surface area contributed by atoms with E-state index in [9.17, 15) is 9.59 Å². The zero-order chi connectivity index (χ0) is 17.8. The third-order valence-corrected chi connectivity index (χ3v) is 6.07. The van der Waals surface area contributed by atoms with Gasteiger partial charge in [-0.05, 0) is 64.5 Å². The summed E-state index contributed by atoms with van der Waals surface area (Å²) in [5.74, 6) is 0.0799. The summed E-state index contributed by atoms with van der Waals surface area (Å²) in [5.41, 5.74) is 0. The van der Waals surface area contributed by atoms with Gasteiger partial charge in [0.1, 0.15) is 0 Å². The Bertz CT molecular complexity index is 467. The Labute approximate surface area is 150 Å². The molecule has 6 heteroatoms. The molecule has 2 saturated carbocycles. The third kappa shape index (κ3) is 5.42. The van der Waals surface area contributed by atoms with E-state index in [-0.39, 0.29) is 24.5 Å². The van der Waals surface area contributed by atoms with Crippen molar-refractivity contribution in [1.29, 1.82) is 0 Å².